The molecule has 1 saturated heterocycles. The van der Waals surface area contributed by atoms with Crippen molar-refractivity contribution >= 4 is 10.2 Å². The third-order valence-electron chi connectivity index (χ3n) is 4.31. The van der Waals surface area contributed by atoms with E-state index >= 15 is 0 Å². The second-order valence-electron chi connectivity index (χ2n) is 5.96. The van der Waals surface area contributed by atoms with Crippen LogP contribution in [0.15, 0.2) is 0 Å². The van der Waals surface area contributed by atoms with Crippen LogP contribution in [-0.2, 0) is 10.2 Å². The monoisotopic (exact) mass is 274 g/mol. The fraction of sp³-hybridized carbons (Fsp3) is 1.00. The van der Waals surface area contributed by atoms with Gasteiger partial charge in [0.2, 0.25) is 0 Å². The zero-order valence-electron chi connectivity index (χ0n) is 11.7. The molecule has 3 atom stereocenters. The number of rotatable bonds is 3. The normalized spacial score (nSPS) is 36.6. The summed E-state index contributed by atoms with van der Waals surface area (Å²) in [5.41, 5.74) is 0. The van der Waals surface area contributed by atoms with E-state index in [-0.39, 0.29) is 18.1 Å². The van der Waals surface area contributed by atoms with E-state index in [4.69, 9.17) is 0 Å². The third kappa shape index (κ3) is 2.58. The smallest absolute Gasteiger partial charge is 0.199 e. The van der Waals surface area contributed by atoms with Crippen molar-refractivity contribution in [3.8, 4) is 0 Å². The second kappa shape index (κ2) is 5.47. The highest BCUT2D eigenvalue weighted by Crippen LogP contribution is 2.37. The van der Waals surface area contributed by atoms with Gasteiger partial charge in [-0.15, -0.1) is 0 Å². The highest BCUT2D eigenvalue weighted by molar-refractivity contribution is 7.87. The number of nitrogens with zero attached hydrogens (tertiary/aromatic N) is 1. The number of fused-ring (bicyclic) bond motifs is 1. The van der Waals surface area contributed by atoms with Crippen molar-refractivity contribution < 1.29 is 8.42 Å². The molecule has 1 aliphatic heterocycles. The Hall–Kier alpha value is -0.130. The van der Waals surface area contributed by atoms with Crippen LogP contribution in [0.5, 0.6) is 0 Å². The molecule has 2 rings (SSSR count). The van der Waals surface area contributed by atoms with E-state index in [9.17, 15) is 8.42 Å². The van der Waals surface area contributed by atoms with Crippen LogP contribution in [0.1, 0.15) is 59.3 Å². The van der Waals surface area contributed by atoms with Gasteiger partial charge in [0.15, 0.2) is 0 Å². The van der Waals surface area contributed by atoms with Gasteiger partial charge in [0, 0.05) is 18.1 Å². The standard InChI is InChI=1S/C13H26N2O2S/c1-4-7-12-11-8-5-6-9-13(11)15(10(2)3)18(16,17)14-12/h10-14H,4-9H2,1-3H3. The summed E-state index contributed by atoms with van der Waals surface area (Å²) in [7, 11) is -3.28. The van der Waals surface area contributed by atoms with E-state index in [2.05, 4.69) is 11.6 Å². The fourth-order valence-electron chi connectivity index (χ4n) is 3.69. The van der Waals surface area contributed by atoms with Crippen molar-refractivity contribution in [3.05, 3.63) is 0 Å². The van der Waals surface area contributed by atoms with Crippen LogP contribution in [0.2, 0.25) is 0 Å². The summed E-state index contributed by atoms with van der Waals surface area (Å²) in [6, 6.07) is 0.428. The van der Waals surface area contributed by atoms with Gasteiger partial charge >= 0.3 is 0 Å². The summed E-state index contributed by atoms with van der Waals surface area (Å²) in [5.74, 6) is 0.504. The summed E-state index contributed by atoms with van der Waals surface area (Å²) in [6.07, 6.45) is 6.61. The Balaban J connectivity index is 2.29. The lowest BCUT2D eigenvalue weighted by Crippen LogP contribution is -2.64. The molecule has 106 valence electrons. The van der Waals surface area contributed by atoms with E-state index in [0.29, 0.717) is 5.92 Å². The average molecular weight is 274 g/mol. The highest BCUT2D eigenvalue weighted by Gasteiger charge is 2.46. The first-order chi connectivity index (χ1) is 8.47. The molecule has 1 heterocycles. The SMILES string of the molecule is CCCC1NS(=O)(=O)N(C(C)C)C2CCCCC12. The van der Waals surface area contributed by atoms with Crippen LogP contribution < -0.4 is 4.72 Å². The minimum atomic E-state index is -3.28. The maximum absolute atomic E-state index is 12.4. The van der Waals surface area contributed by atoms with Crippen LogP contribution in [-0.4, -0.2) is 30.8 Å². The molecular weight excluding hydrogens is 248 g/mol. The Bertz CT molecular complexity index is 380. The van der Waals surface area contributed by atoms with Gasteiger partial charge in [0.25, 0.3) is 10.2 Å². The maximum Gasteiger partial charge on any atom is 0.280 e. The molecule has 0 radical (unpaired) electrons. The van der Waals surface area contributed by atoms with Crippen molar-refractivity contribution in [1.29, 1.82) is 0 Å². The number of hydrogen-bond donors (Lipinski definition) is 1. The first-order valence-electron chi connectivity index (χ1n) is 7.28. The molecule has 3 unspecified atom stereocenters. The van der Waals surface area contributed by atoms with Gasteiger partial charge in [-0.25, -0.2) is 0 Å². The van der Waals surface area contributed by atoms with Gasteiger partial charge in [-0.3, -0.25) is 0 Å². The lowest BCUT2D eigenvalue weighted by molar-refractivity contribution is 0.104. The van der Waals surface area contributed by atoms with Crippen molar-refractivity contribution in [2.45, 2.75) is 77.4 Å². The Kier molecular flexibility index (Phi) is 4.34. The molecule has 0 aromatic heterocycles. The molecule has 1 aliphatic carbocycles. The van der Waals surface area contributed by atoms with E-state index in [1.807, 2.05) is 13.8 Å². The quantitative estimate of drug-likeness (QED) is 0.858. The van der Waals surface area contributed by atoms with Gasteiger partial charge in [0.1, 0.15) is 0 Å². The molecule has 5 heteroatoms. The zero-order chi connectivity index (χ0) is 13.3. The van der Waals surface area contributed by atoms with Crippen LogP contribution in [0, 0.1) is 5.92 Å². The molecule has 0 aromatic rings. The molecule has 4 nitrogen and oxygen atoms in total. The largest absolute Gasteiger partial charge is 0.280 e. The molecule has 1 saturated carbocycles. The first-order valence-corrected chi connectivity index (χ1v) is 8.72. The average Bonchev–Trinajstić information content (AvgIpc) is 2.27. The molecule has 0 spiro atoms. The molecule has 0 amide bonds. The molecule has 2 aliphatic rings. The minimum Gasteiger partial charge on any atom is -0.199 e. The molecule has 1 N–H and O–H groups in total. The lowest BCUT2D eigenvalue weighted by Gasteiger charge is -2.49. The van der Waals surface area contributed by atoms with Crippen LogP contribution in [0.3, 0.4) is 0 Å². The Labute approximate surface area is 111 Å². The molecular formula is C13H26N2O2S. The molecule has 0 aromatic carbocycles. The summed E-state index contributed by atoms with van der Waals surface area (Å²) in [5, 5.41) is 0. The highest BCUT2D eigenvalue weighted by atomic mass is 32.2. The van der Waals surface area contributed by atoms with Crippen molar-refractivity contribution in [2.75, 3.05) is 0 Å². The Morgan fingerprint density at radius 2 is 1.94 bits per heavy atom. The minimum absolute atomic E-state index is 0.0516. The Morgan fingerprint density at radius 3 is 2.56 bits per heavy atom. The summed E-state index contributed by atoms with van der Waals surface area (Å²) >= 11 is 0. The predicted molar refractivity (Wildman–Crippen MR) is 73.5 cm³/mol. The summed E-state index contributed by atoms with van der Waals surface area (Å²) in [6.45, 7) is 6.08. The Morgan fingerprint density at radius 1 is 1.28 bits per heavy atom. The lowest BCUT2D eigenvalue weighted by atomic mass is 9.78. The molecule has 18 heavy (non-hydrogen) atoms. The first kappa shape index (κ1) is 14.3. The molecule has 0 bridgehead atoms. The van der Waals surface area contributed by atoms with Gasteiger partial charge in [0.05, 0.1) is 0 Å². The predicted octanol–water partition coefficient (Wildman–Crippen LogP) is 2.27. The van der Waals surface area contributed by atoms with Crippen molar-refractivity contribution in [2.24, 2.45) is 5.92 Å². The number of nitrogens with one attached hydrogen (secondary N) is 1. The van der Waals surface area contributed by atoms with E-state index in [1.165, 1.54) is 19.3 Å². The van der Waals surface area contributed by atoms with Gasteiger partial charge < -0.3 is 0 Å². The summed E-state index contributed by atoms with van der Waals surface area (Å²) < 4.78 is 29.4. The number of hydrogen-bond acceptors (Lipinski definition) is 2. The van der Waals surface area contributed by atoms with Crippen molar-refractivity contribution in [1.82, 2.24) is 9.03 Å². The van der Waals surface area contributed by atoms with Crippen LogP contribution >= 0.6 is 0 Å². The van der Waals surface area contributed by atoms with Crippen LogP contribution in [0.4, 0.5) is 0 Å². The topological polar surface area (TPSA) is 49.4 Å². The van der Waals surface area contributed by atoms with E-state index in [1.54, 1.807) is 4.31 Å². The fourth-order valence-corrected chi connectivity index (χ4v) is 5.66. The van der Waals surface area contributed by atoms with Gasteiger partial charge in [-0.2, -0.15) is 17.4 Å². The van der Waals surface area contributed by atoms with Crippen molar-refractivity contribution in [3.63, 3.8) is 0 Å². The summed E-state index contributed by atoms with van der Waals surface area (Å²) in [4.78, 5) is 0. The molecule has 2 fully saturated rings. The zero-order valence-corrected chi connectivity index (χ0v) is 12.5. The van der Waals surface area contributed by atoms with E-state index in [0.717, 1.165) is 19.3 Å². The maximum atomic E-state index is 12.4. The van der Waals surface area contributed by atoms with E-state index < -0.39 is 10.2 Å². The second-order valence-corrected chi connectivity index (χ2v) is 7.56. The third-order valence-corrected chi connectivity index (χ3v) is 6.16. The van der Waals surface area contributed by atoms with Gasteiger partial charge in [-0.1, -0.05) is 26.2 Å². The van der Waals surface area contributed by atoms with Crippen LogP contribution in [0.25, 0.3) is 0 Å². The van der Waals surface area contributed by atoms with Gasteiger partial charge in [-0.05, 0) is 39.0 Å².